The van der Waals surface area contributed by atoms with Gasteiger partial charge in [-0.1, -0.05) is 135 Å². The van der Waals surface area contributed by atoms with E-state index in [1.165, 1.54) is 22.3 Å². The second kappa shape index (κ2) is 11.1. The minimum atomic E-state index is -0.197. The first-order valence-corrected chi connectivity index (χ1v) is 17.9. The summed E-state index contributed by atoms with van der Waals surface area (Å²) in [6.45, 7) is 4.63. The average Bonchev–Trinajstić information content (AvgIpc) is 3.86. The van der Waals surface area contributed by atoms with E-state index >= 15 is 0 Å². The lowest BCUT2D eigenvalue weighted by Gasteiger charge is -2.22. The summed E-state index contributed by atoms with van der Waals surface area (Å²) in [5.41, 5.74) is 13.3. The maximum atomic E-state index is 6.52. The molecule has 0 atom stereocenters. The minimum absolute atomic E-state index is 0.197. The van der Waals surface area contributed by atoms with Crippen LogP contribution < -0.4 is 0 Å². The van der Waals surface area contributed by atoms with Gasteiger partial charge in [-0.3, -0.25) is 0 Å². The van der Waals surface area contributed by atoms with E-state index in [4.69, 9.17) is 23.8 Å². The molecule has 0 saturated carbocycles. The standard InChI is InChI=1S/C48H31N3O2/c1-48(2)37-25-24-33-32-16-6-8-19-39(32)53-44(33)43(37)34-23-22-30(27-38(34)48)29-14-10-15-31(26-29)46-49-45(28-12-4-3-5-13-28)50-47(51-46)36-18-11-21-41-42(36)35-17-7-9-20-40(35)52-41/h3-27H,1-2H3. The number of furan rings is 2. The number of nitrogens with zero attached hydrogens (tertiary/aromatic N) is 3. The van der Waals surface area contributed by atoms with Gasteiger partial charge in [0.15, 0.2) is 17.5 Å². The Morgan fingerprint density at radius 1 is 0.415 bits per heavy atom. The van der Waals surface area contributed by atoms with Gasteiger partial charge in [-0.25, -0.2) is 15.0 Å². The van der Waals surface area contributed by atoms with Gasteiger partial charge < -0.3 is 8.83 Å². The maximum Gasteiger partial charge on any atom is 0.164 e. The van der Waals surface area contributed by atoms with Crippen molar-refractivity contribution in [3.63, 3.8) is 0 Å². The number of rotatable bonds is 4. The molecule has 0 radical (unpaired) electrons. The van der Waals surface area contributed by atoms with E-state index in [-0.39, 0.29) is 5.41 Å². The zero-order valence-corrected chi connectivity index (χ0v) is 29.1. The Morgan fingerprint density at radius 3 is 1.91 bits per heavy atom. The fourth-order valence-corrected chi connectivity index (χ4v) is 8.32. The zero-order chi connectivity index (χ0) is 35.3. The summed E-state index contributed by atoms with van der Waals surface area (Å²) in [7, 11) is 0. The van der Waals surface area contributed by atoms with Crippen molar-refractivity contribution in [3.05, 3.63) is 163 Å². The van der Waals surface area contributed by atoms with Crippen LogP contribution in [-0.2, 0) is 5.41 Å². The van der Waals surface area contributed by atoms with E-state index in [1.807, 2.05) is 66.7 Å². The van der Waals surface area contributed by atoms with Gasteiger partial charge in [-0.2, -0.15) is 0 Å². The molecular formula is C48H31N3O2. The summed E-state index contributed by atoms with van der Waals surface area (Å²) in [5, 5.41) is 4.33. The van der Waals surface area contributed by atoms with Crippen molar-refractivity contribution < 1.29 is 8.83 Å². The lowest BCUT2D eigenvalue weighted by molar-refractivity contribution is 0.653. The number of hydrogen-bond donors (Lipinski definition) is 0. The van der Waals surface area contributed by atoms with Gasteiger partial charge in [0, 0.05) is 49.2 Å². The van der Waals surface area contributed by atoms with Gasteiger partial charge >= 0.3 is 0 Å². The molecule has 1 aliphatic carbocycles. The summed E-state index contributed by atoms with van der Waals surface area (Å²) in [6.07, 6.45) is 0. The van der Waals surface area contributed by atoms with Gasteiger partial charge in [0.25, 0.3) is 0 Å². The highest BCUT2D eigenvalue weighted by Crippen LogP contribution is 2.53. The molecule has 3 aromatic heterocycles. The van der Waals surface area contributed by atoms with E-state index in [9.17, 15) is 0 Å². The topological polar surface area (TPSA) is 65.0 Å². The molecule has 0 amide bonds. The lowest BCUT2D eigenvalue weighted by Crippen LogP contribution is -2.14. The van der Waals surface area contributed by atoms with Crippen LogP contribution in [0.3, 0.4) is 0 Å². The Hall–Kier alpha value is -6.85. The van der Waals surface area contributed by atoms with Gasteiger partial charge in [-0.15, -0.1) is 0 Å². The lowest BCUT2D eigenvalue weighted by atomic mass is 9.81. The Balaban J connectivity index is 1.06. The highest BCUT2D eigenvalue weighted by atomic mass is 16.3. The van der Waals surface area contributed by atoms with Crippen LogP contribution in [0.1, 0.15) is 25.0 Å². The van der Waals surface area contributed by atoms with Crippen molar-refractivity contribution in [3.8, 4) is 56.4 Å². The number of para-hydroxylation sites is 2. The second-order valence-electron chi connectivity index (χ2n) is 14.4. The van der Waals surface area contributed by atoms with Crippen LogP contribution in [0.4, 0.5) is 0 Å². The predicted octanol–water partition coefficient (Wildman–Crippen LogP) is 12.6. The van der Waals surface area contributed by atoms with E-state index in [1.54, 1.807) is 0 Å². The van der Waals surface area contributed by atoms with Crippen molar-refractivity contribution >= 4 is 43.9 Å². The highest BCUT2D eigenvalue weighted by Gasteiger charge is 2.38. The Morgan fingerprint density at radius 2 is 1.06 bits per heavy atom. The number of benzene rings is 7. The van der Waals surface area contributed by atoms with Crippen LogP contribution in [-0.4, -0.2) is 15.0 Å². The first-order valence-electron chi connectivity index (χ1n) is 17.9. The summed E-state index contributed by atoms with van der Waals surface area (Å²) >= 11 is 0. The molecule has 3 heterocycles. The molecule has 10 aromatic rings. The molecule has 0 N–H and O–H groups in total. The second-order valence-corrected chi connectivity index (χ2v) is 14.4. The van der Waals surface area contributed by atoms with Gasteiger partial charge in [0.05, 0.1) is 0 Å². The van der Waals surface area contributed by atoms with Crippen molar-refractivity contribution in [1.29, 1.82) is 0 Å². The van der Waals surface area contributed by atoms with Crippen LogP contribution in [0, 0.1) is 0 Å². The number of aromatic nitrogens is 3. The molecule has 1 aliphatic rings. The smallest absolute Gasteiger partial charge is 0.164 e. The SMILES string of the molecule is CC1(C)c2cc(-c3cccc(-c4nc(-c5ccccc5)nc(-c5cccc6oc7ccccc7c56)n4)c3)ccc2-c2c1ccc1c2oc2ccccc21. The fourth-order valence-electron chi connectivity index (χ4n) is 8.32. The summed E-state index contributed by atoms with van der Waals surface area (Å²) in [6, 6.07) is 52.5. The molecule has 0 spiro atoms. The van der Waals surface area contributed by atoms with Crippen LogP contribution in [0.15, 0.2) is 160 Å². The van der Waals surface area contributed by atoms with Crippen LogP contribution in [0.5, 0.6) is 0 Å². The van der Waals surface area contributed by atoms with Gasteiger partial charge in [0.1, 0.15) is 22.3 Å². The molecule has 0 aliphatic heterocycles. The van der Waals surface area contributed by atoms with Crippen LogP contribution in [0.2, 0.25) is 0 Å². The van der Waals surface area contributed by atoms with Gasteiger partial charge in [0.2, 0.25) is 0 Å². The molecule has 250 valence electrons. The van der Waals surface area contributed by atoms with Crippen LogP contribution >= 0.6 is 0 Å². The molecule has 0 unspecified atom stereocenters. The molecular weight excluding hydrogens is 651 g/mol. The Labute approximate surface area is 305 Å². The molecule has 11 rings (SSSR count). The maximum absolute atomic E-state index is 6.52. The molecule has 0 bridgehead atoms. The van der Waals surface area contributed by atoms with E-state index in [0.717, 1.165) is 71.7 Å². The summed E-state index contributed by atoms with van der Waals surface area (Å²) < 4.78 is 12.8. The quantitative estimate of drug-likeness (QED) is 0.185. The molecule has 53 heavy (non-hydrogen) atoms. The monoisotopic (exact) mass is 681 g/mol. The normalized spacial score (nSPS) is 13.2. The van der Waals surface area contributed by atoms with E-state index in [2.05, 4.69) is 98.8 Å². The summed E-state index contributed by atoms with van der Waals surface area (Å²) in [4.78, 5) is 15.3. The molecule has 5 heteroatoms. The fraction of sp³-hybridized carbons (Fsp3) is 0.0625. The van der Waals surface area contributed by atoms with Crippen LogP contribution in [0.25, 0.3) is 100 Å². The minimum Gasteiger partial charge on any atom is -0.456 e. The van der Waals surface area contributed by atoms with E-state index < -0.39 is 0 Å². The average molecular weight is 682 g/mol. The van der Waals surface area contributed by atoms with Crippen molar-refractivity contribution in [2.75, 3.05) is 0 Å². The third-order valence-corrected chi connectivity index (χ3v) is 10.9. The third-order valence-electron chi connectivity index (χ3n) is 10.9. The molecule has 5 nitrogen and oxygen atoms in total. The first kappa shape index (κ1) is 29.8. The van der Waals surface area contributed by atoms with Crippen molar-refractivity contribution in [2.45, 2.75) is 19.3 Å². The van der Waals surface area contributed by atoms with E-state index in [0.29, 0.717) is 17.5 Å². The highest BCUT2D eigenvalue weighted by molar-refractivity contribution is 6.13. The third kappa shape index (κ3) is 4.47. The molecule has 7 aromatic carbocycles. The van der Waals surface area contributed by atoms with Gasteiger partial charge in [-0.05, 0) is 58.1 Å². The Bertz CT molecular complexity index is 3100. The number of hydrogen-bond acceptors (Lipinski definition) is 5. The number of fused-ring (bicyclic) bond motifs is 10. The predicted molar refractivity (Wildman–Crippen MR) is 214 cm³/mol. The molecule has 0 saturated heterocycles. The summed E-state index contributed by atoms with van der Waals surface area (Å²) in [5.74, 6) is 1.83. The molecule has 0 fully saturated rings. The zero-order valence-electron chi connectivity index (χ0n) is 29.1. The largest absolute Gasteiger partial charge is 0.456 e. The van der Waals surface area contributed by atoms with Crippen molar-refractivity contribution in [2.24, 2.45) is 0 Å². The first-order chi connectivity index (χ1) is 26.0. The Kier molecular flexibility index (Phi) is 6.23. The van der Waals surface area contributed by atoms with Crippen molar-refractivity contribution in [1.82, 2.24) is 15.0 Å².